The third-order valence-electron chi connectivity index (χ3n) is 6.35. The summed E-state index contributed by atoms with van der Waals surface area (Å²) >= 11 is 0. The summed E-state index contributed by atoms with van der Waals surface area (Å²) in [7, 11) is 0. The Labute approximate surface area is 166 Å². The zero-order valence-corrected chi connectivity index (χ0v) is 16.8. The van der Waals surface area contributed by atoms with Gasteiger partial charge in [-0.05, 0) is 62.8 Å². The molecule has 0 atom stereocenters. The Hall–Kier alpha value is -2.34. The molecular weight excluding hydrogens is 354 g/mol. The van der Waals surface area contributed by atoms with E-state index in [0.717, 1.165) is 67.4 Å². The molecule has 2 fully saturated rings. The number of carbonyl (C=O) groups is 1. The van der Waals surface area contributed by atoms with Gasteiger partial charge in [0.15, 0.2) is 0 Å². The Morgan fingerprint density at radius 2 is 1.96 bits per heavy atom. The van der Waals surface area contributed by atoms with Gasteiger partial charge >= 0.3 is 0 Å². The molecule has 0 unspecified atom stereocenters. The third kappa shape index (κ3) is 4.07. The molecule has 1 amide bonds. The number of hydrogen-bond acceptors (Lipinski definition) is 5. The molecule has 0 aliphatic carbocycles. The minimum atomic E-state index is 0.227. The number of nitrogens with one attached hydrogen (secondary N) is 1. The van der Waals surface area contributed by atoms with Crippen molar-refractivity contribution in [2.45, 2.75) is 46.1 Å². The van der Waals surface area contributed by atoms with Crippen LogP contribution in [-0.4, -0.2) is 42.1 Å². The minimum Gasteiger partial charge on any atom is -0.489 e. The van der Waals surface area contributed by atoms with Crippen molar-refractivity contribution in [2.75, 3.05) is 26.2 Å². The molecule has 1 aromatic carbocycles. The normalized spacial score (nSPS) is 18.6. The van der Waals surface area contributed by atoms with Gasteiger partial charge in [0.2, 0.25) is 5.91 Å². The first kappa shape index (κ1) is 19.0. The van der Waals surface area contributed by atoms with Gasteiger partial charge in [0, 0.05) is 19.6 Å². The first-order chi connectivity index (χ1) is 13.5. The SMILES string of the molecule is Cc1noc(C)c1COc1ccc(CC(=O)N2CCC3(CCNC3)CC2)cc1. The topological polar surface area (TPSA) is 67.6 Å². The average Bonchev–Trinajstić information content (AvgIpc) is 3.28. The molecule has 3 heterocycles. The highest BCUT2D eigenvalue weighted by molar-refractivity contribution is 5.78. The third-order valence-corrected chi connectivity index (χ3v) is 6.35. The van der Waals surface area contributed by atoms with Crippen LogP contribution in [0.2, 0.25) is 0 Å². The van der Waals surface area contributed by atoms with Gasteiger partial charge in [-0.2, -0.15) is 0 Å². The first-order valence-electron chi connectivity index (χ1n) is 10.2. The largest absolute Gasteiger partial charge is 0.489 e. The average molecular weight is 383 g/mol. The van der Waals surface area contributed by atoms with Crippen LogP contribution in [-0.2, 0) is 17.8 Å². The summed E-state index contributed by atoms with van der Waals surface area (Å²) in [5, 5.41) is 7.42. The molecule has 28 heavy (non-hydrogen) atoms. The highest BCUT2D eigenvalue weighted by Crippen LogP contribution is 2.37. The predicted molar refractivity (Wildman–Crippen MR) is 106 cm³/mol. The maximum absolute atomic E-state index is 12.7. The number of piperidine rings is 1. The smallest absolute Gasteiger partial charge is 0.226 e. The van der Waals surface area contributed by atoms with E-state index in [9.17, 15) is 4.79 Å². The lowest BCUT2D eigenvalue weighted by atomic mass is 9.78. The van der Waals surface area contributed by atoms with E-state index in [2.05, 4.69) is 10.5 Å². The molecule has 1 spiro atoms. The quantitative estimate of drug-likeness (QED) is 0.860. The van der Waals surface area contributed by atoms with Crippen LogP contribution in [0.4, 0.5) is 0 Å². The minimum absolute atomic E-state index is 0.227. The Morgan fingerprint density at radius 3 is 2.57 bits per heavy atom. The lowest BCUT2D eigenvalue weighted by Gasteiger charge is -2.39. The number of rotatable bonds is 5. The van der Waals surface area contributed by atoms with Crippen LogP contribution in [0.1, 0.15) is 41.8 Å². The van der Waals surface area contributed by atoms with Crippen LogP contribution in [0, 0.1) is 19.3 Å². The van der Waals surface area contributed by atoms with Gasteiger partial charge in [0.1, 0.15) is 18.1 Å². The Kier molecular flexibility index (Phi) is 5.40. The molecule has 1 N–H and O–H groups in total. The van der Waals surface area contributed by atoms with Crippen LogP contribution >= 0.6 is 0 Å². The molecule has 6 heteroatoms. The molecular formula is C22H29N3O3. The second-order valence-electron chi connectivity index (χ2n) is 8.22. The standard InChI is InChI=1S/C22H29N3O3/c1-16-20(17(2)28-24-16)14-27-19-5-3-18(4-6-19)13-21(26)25-11-8-22(9-12-25)7-10-23-15-22/h3-6,23H,7-15H2,1-2H3. The fourth-order valence-electron chi connectivity index (χ4n) is 4.31. The predicted octanol–water partition coefficient (Wildman–Crippen LogP) is 3.02. The number of amides is 1. The van der Waals surface area contributed by atoms with E-state index >= 15 is 0 Å². The van der Waals surface area contributed by atoms with E-state index in [1.54, 1.807) is 0 Å². The zero-order valence-electron chi connectivity index (χ0n) is 16.8. The summed E-state index contributed by atoms with van der Waals surface area (Å²) in [6.45, 7) is 8.25. The summed E-state index contributed by atoms with van der Waals surface area (Å²) in [4.78, 5) is 14.7. The summed E-state index contributed by atoms with van der Waals surface area (Å²) < 4.78 is 11.0. The lowest BCUT2D eigenvalue weighted by Crippen LogP contribution is -2.44. The molecule has 6 nitrogen and oxygen atoms in total. The fraction of sp³-hybridized carbons (Fsp3) is 0.545. The number of aryl methyl sites for hydroxylation is 2. The molecule has 2 aliphatic rings. The number of likely N-dealkylation sites (tertiary alicyclic amines) is 1. The van der Waals surface area contributed by atoms with Gasteiger partial charge < -0.3 is 19.5 Å². The van der Waals surface area contributed by atoms with Crippen LogP contribution in [0.5, 0.6) is 5.75 Å². The van der Waals surface area contributed by atoms with Gasteiger partial charge in [0.05, 0.1) is 17.7 Å². The van der Waals surface area contributed by atoms with Crippen molar-refractivity contribution in [1.82, 2.24) is 15.4 Å². The van der Waals surface area contributed by atoms with Crippen molar-refractivity contribution >= 4 is 5.91 Å². The number of aromatic nitrogens is 1. The van der Waals surface area contributed by atoms with Crippen molar-refractivity contribution in [3.8, 4) is 5.75 Å². The highest BCUT2D eigenvalue weighted by atomic mass is 16.5. The molecule has 2 aliphatic heterocycles. The molecule has 0 radical (unpaired) electrons. The van der Waals surface area contributed by atoms with Crippen LogP contribution in [0.3, 0.4) is 0 Å². The molecule has 4 rings (SSSR count). The van der Waals surface area contributed by atoms with Crippen molar-refractivity contribution in [1.29, 1.82) is 0 Å². The van der Waals surface area contributed by atoms with E-state index in [1.165, 1.54) is 6.42 Å². The molecule has 0 saturated carbocycles. The second-order valence-corrected chi connectivity index (χ2v) is 8.22. The van der Waals surface area contributed by atoms with Gasteiger partial charge in [-0.25, -0.2) is 0 Å². The Morgan fingerprint density at radius 1 is 1.21 bits per heavy atom. The van der Waals surface area contributed by atoms with Gasteiger partial charge in [-0.1, -0.05) is 17.3 Å². The van der Waals surface area contributed by atoms with Crippen molar-refractivity contribution in [3.05, 3.63) is 46.8 Å². The van der Waals surface area contributed by atoms with Crippen molar-refractivity contribution < 1.29 is 14.1 Å². The zero-order chi connectivity index (χ0) is 19.6. The highest BCUT2D eigenvalue weighted by Gasteiger charge is 2.37. The number of benzene rings is 1. The summed E-state index contributed by atoms with van der Waals surface area (Å²) in [6.07, 6.45) is 3.96. The summed E-state index contributed by atoms with van der Waals surface area (Å²) in [6, 6.07) is 7.81. The Bertz CT molecular complexity index is 793. The van der Waals surface area contributed by atoms with Gasteiger partial charge in [-0.3, -0.25) is 4.79 Å². The molecule has 150 valence electrons. The van der Waals surface area contributed by atoms with Gasteiger partial charge in [-0.15, -0.1) is 0 Å². The number of ether oxygens (including phenoxy) is 1. The van der Waals surface area contributed by atoms with Crippen LogP contribution in [0.15, 0.2) is 28.8 Å². The maximum Gasteiger partial charge on any atom is 0.226 e. The van der Waals surface area contributed by atoms with Gasteiger partial charge in [0.25, 0.3) is 0 Å². The Balaban J connectivity index is 1.28. The number of nitrogens with zero attached hydrogens (tertiary/aromatic N) is 2. The summed E-state index contributed by atoms with van der Waals surface area (Å²) in [5.74, 6) is 1.80. The van der Waals surface area contributed by atoms with Crippen molar-refractivity contribution in [2.24, 2.45) is 5.41 Å². The van der Waals surface area contributed by atoms with Crippen LogP contribution < -0.4 is 10.1 Å². The second kappa shape index (κ2) is 7.95. The molecule has 2 saturated heterocycles. The monoisotopic (exact) mass is 383 g/mol. The van der Waals surface area contributed by atoms with E-state index < -0.39 is 0 Å². The van der Waals surface area contributed by atoms with E-state index in [4.69, 9.17) is 9.26 Å². The molecule has 1 aromatic heterocycles. The van der Waals surface area contributed by atoms with E-state index in [-0.39, 0.29) is 5.91 Å². The van der Waals surface area contributed by atoms with E-state index in [1.807, 2.05) is 43.0 Å². The summed E-state index contributed by atoms with van der Waals surface area (Å²) in [5.41, 5.74) is 3.31. The van der Waals surface area contributed by atoms with Crippen LogP contribution in [0.25, 0.3) is 0 Å². The molecule has 2 aromatic rings. The maximum atomic E-state index is 12.7. The van der Waals surface area contributed by atoms with Crippen molar-refractivity contribution in [3.63, 3.8) is 0 Å². The number of carbonyl (C=O) groups excluding carboxylic acids is 1. The lowest BCUT2D eigenvalue weighted by molar-refractivity contribution is -0.132. The van der Waals surface area contributed by atoms with E-state index in [0.29, 0.717) is 18.4 Å². The number of hydrogen-bond donors (Lipinski definition) is 1. The fourth-order valence-corrected chi connectivity index (χ4v) is 4.31. The first-order valence-corrected chi connectivity index (χ1v) is 10.2. The molecule has 0 bridgehead atoms.